The van der Waals surface area contributed by atoms with E-state index in [4.69, 9.17) is 4.74 Å². The van der Waals surface area contributed by atoms with Crippen molar-refractivity contribution in [1.29, 1.82) is 0 Å². The van der Waals surface area contributed by atoms with Gasteiger partial charge >= 0.3 is 0 Å². The average molecular weight is 340 g/mol. The number of sulfone groups is 1. The number of rotatable bonds is 5. The van der Waals surface area contributed by atoms with Crippen molar-refractivity contribution in [2.24, 2.45) is 0 Å². The summed E-state index contributed by atoms with van der Waals surface area (Å²) in [7, 11) is -3.33. The summed E-state index contributed by atoms with van der Waals surface area (Å²) in [4.78, 5) is 25.7. The zero-order valence-electron chi connectivity index (χ0n) is 12.9. The number of benzene rings is 1. The smallest absolute Gasteiger partial charge is 0.224 e. The minimum atomic E-state index is -3.33. The van der Waals surface area contributed by atoms with Gasteiger partial charge in [0.15, 0.2) is 9.84 Å². The van der Waals surface area contributed by atoms with E-state index in [0.717, 1.165) is 6.26 Å². The second-order valence-electron chi connectivity index (χ2n) is 5.34. The molecule has 0 unspecified atom stereocenters. The first-order valence-corrected chi connectivity index (χ1v) is 9.21. The summed E-state index contributed by atoms with van der Waals surface area (Å²) in [5.41, 5.74) is 0.400. The number of morpholine rings is 1. The molecule has 1 aromatic carbocycles. The van der Waals surface area contributed by atoms with Gasteiger partial charge in [0.05, 0.1) is 18.1 Å². The van der Waals surface area contributed by atoms with Gasteiger partial charge in [0.2, 0.25) is 11.8 Å². The zero-order valence-corrected chi connectivity index (χ0v) is 13.8. The highest BCUT2D eigenvalue weighted by Crippen LogP contribution is 2.15. The van der Waals surface area contributed by atoms with Crippen LogP contribution in [0.2, 0.25) is 0 Å². The Labute approximate surface area is 135 Å². The van der Waals surface area contributed by atoms with Crippen molar-refractivity contribution in [3.63, 3.8) is 0 Å². The molecule has 8 heteroatoms. The molecule has 0 saturated carbocycles. The summed E-state index contributed by atoms with van der Waals surface area (Å²) in [5, 5.41) is 2.61. The van der Waals surface area contributed by atoms with E-state index in [0.29, 0.717) is 32.0 Å². The van der Waals surface area contributed by atoms with Crippen LogP contribution in [-0.4, -0.2) is 57.7 Å². The van der Waals surface area contributed by atoms with E-state index in [9.17, 15) is 18.0 Å². The highest BCUT2D eigenvalue weighted by Gasteiger charge is 2.17. The van der Waals surface area contributed by atoms with Gasteiger partial charge in [-0.2, -0.15) is 0 Å². The fraction of sp³-hybridized carbons (Fsp3) is 0.467. The number of nitrogens with zero attached hydrogens (tertiary/aromatic N) is 1. The van der Waals surface area contributed by atoms with Crippen LogP contribution in [0.5, 0.6) is 0 Å². The number of anilines is 1. The molecule has 23 heavy (non-hydrogen) atoms. The molecule has 2 amide bonds. The normalized spacial score (nSPS) is 15.3. The minimum Gasteiger partial charge on any atom is -0.378 e. The number of ether oxygens (including phenoxy) is 1. The van der Waals surface area contributed by atoms with Crippen LogP contribution in [0.25, 0.3) is 0 Å². The standard InChI is InChI=1S/C15H20N2O5S/c1-23(20,21)13-4-2-3-12(11-13)16-14(18)5-6-15(19)17-7-9-22-10-8-17/h2-4,11H,5-10H2,1H3,(H,16,18). The molecule has 0 radical (unpaired) electrons. The van der Waals surface area contributed by atoms with Gasteiger partial charge in [-0.1, -0.05) is 6.07 Å². The fourth-order valence-electron chi connectivity index (χ4n) is 2.22. The number of nitrogens with one attached hydrogen (secondary N) is 1. The SMILES string of the molecule is CS(=O)(=O)c1cccc(NC(=O)CCC(=O)N2CCOCC2)c1. The van der Waals surface area contributed by atoms with E-state index in [2.05, 4.69) is 5.32 Å². The second kappa shape index (κ2) is 7.56. The van der Waals surface area contributed by atoms with Crippen LogP contribution in [0.3, 0.4) is 0 Å². The first kappa shape index (κ1) is 17.4. The van der Waals surface area contributed by atoms with Crippen LogP contribution in [0, 0.1) is 0 Å². The first-order valence-electron chi connectivity index (χ1n) is 7.32. The second-order valence-corrected chi connectivity index (χ2v) is 7.36. The molecule has 0 aliphatic carbocycles. The summed E-state index contributed by atoms with van der Waals surface area (Å²) < 4.78 is 28.1. The maximum atomic E-state index is 12.0. The van der Waals surface area contributed by atoms with Crippen LogP contribution >= 0.6 is 0 Å². The summed E-state index contributed by atoms with van der Waals surface area (Å²) in [6.45, 7) is 2.15. The number of hydrogen-bond donors (Lipinski definition) is 1. The highest BCUT2D eigenvalue weighted by atomic mass is 32.2. The molecule has 1 aromatic rings. The van der Waals surface area contributed by atoms with Gasteiger partial charge in [0.25, 0.3) is 0 Å². The van der Waals surface area contributed by atoms with Crippen LogP contribution in [-0.2, 0) is 24.2 Å². The molecule has 7 nitrogen and oxygen atoms in total. The first-order chi connectivity index (χ1) is 10.9. The summed E-state index contributed by atoms with van der Waals surface area (Å²) >= 11 is 0. The maximum Gasteiger partial charge on any atom is 0.224 e. The Bertz CT molecular complexity index is 681. The van der Waals surface area contributed by atoms with Crippen LogP contribution in [0.4, 0.5) is 5.69 Å². The minimum absolute atomic E-state index is 0.0549. The molecule has 1 fully saturated rings. The summed E-state index contributed by atoms with van der Waals surface area (Å²) in [5.74, 6) is -0.398. The molecule has 1 aliphatic rings. The van der Waals surface area contributed by atoms with E-state index in [1.54, 1.807) is 17.0 Å². The van der Waals surface area contributed by atoms with Crippen molar-refractivity contribution >= 4 is 27.3 Å². The van der Waals surface area contributed by atoms with E-state index in [1.807, 2.05) is 0 Å². The zero-order chi connectivity index (χ0) is 16.9. The van der Waals surface area contributed by atoms with Crippen molar-refractivity contribution in [3.8, 4) is 0 Å². The molecule has 126 valence electrons. The Morgan fingerprint density at radius 2 is 1.91 bits per heavy atom. The molecule has 1 N–H and O–H groups in total. The lowest BCUT2D eigenvalue weighted by molar-refractivity contribution is -0.136. The largest absolute Gasteiger partial charge is 0.378 e. The number of amides is 2. The van der Waals surface area contributed by atoms with Gasteiger partial charge in [-0.15, -0.1) is 0 Å². The van der Waals surface area contributed by atoms with Crippen molar-refractivity contribution in [3.05, 3.63) is 24.3 Å². The third-order valence-corrected chi connectivity index (χ3v) is 4.59. The van der Waals surface area contributed by atoms with Crippen LogP contribution < -0.4 is 5.32 Å². The van der Waals surface area contributed by atoms with Crippen molar-refractivity contribution in [1.82, 2.24) is 4.90 Å². The van der Waals surface area contributed by atoms with E-state index in [1.165, 1.54) is 12.1 Å². The molecule has 0 aromatic heterocycles. The molecule has 1 aliphatic heterocycles. The molecule has 1 saturated heterocycles. The predicted molar refractivity (Wildman–Crippen MR) is 84.8 cm³/mol. The third kappa shape index (κ3) is 5.33. The Morgan fingerprint density at radius 3 is 2.57 bits per heavy atom. The predicted octanol–water partition coefficient (Wildman–Crippen LogP) is 0.668. The van der Waals surface area contributed by atoms with Gasteiger partial charge in [-0.25, -0.2) is 8.42 Å². The highest BCUT2D eigenvalue weighted by molar-refractivity contribution is 7.90. The average Bonchev–Trinajstić information content (AvgIpc) is 2.53. The maximum absolute atomic E-state index is 12.0. The molecule has 1 heterocycles. The van der Waals surface area contributed by atoms with Crippen molar-refractivity contribution < 1.29 is 22.7 Å². The Hall–Kier alpha value is -1.93. The topological polar surface area (TPSA) is 92.8 Å². The lowest BCUT2D eigenvalue weighted by atomic mass is 10.2. The molecular weight excluding hydrogens is 320 g/mol. The molecular formula is C15H20N2O5S. The lowest BCUT2D eigenvalue weighted by Crippen LogP contribution is -2.40. The Balaban J connectivity index is 1.86. The van der Waals surface area contributed by atoms with Crippen molar-refractivity contribution in [2.45, 2.75) is 17.7 Å². The lowest BCUT2D eigenvalue weighted by Gasteiger charge is -2.26. The number of carbonyl (C=O) groups is 2. The van der Waals surface area contributed by atoms with Gasteiger partial charge in [-0.05, 0) is 18.2 Å². The van der Waals surface area contributed by atoms with Gasteiger partial charge in [-0.3, -0.25) is 9.59 Å². The number of carbonyl (C=O) groups excluding carboxylic acids is 2. The molecule has 0 bridgehead atoms. The Kier molecular flexibility index (Phi) is 5.73. The van der Waals surface area contributed by atoms with Gasteiger partial charge in [0.1, 0.15) is 0 Å². The molecule has 0 atom stereocenters. The van der Waals surface area contributed by atoms with E-state index in [-0.39, 0.29) is 29.6 Å². The Morgan fingerprint density at radius 1 is 1.22 bits per heavy atom. The number of hydrogen-bond acceptors (Lipinski definition) is 5. The summed E-state index contributed by atoms with van der Waals surface area (Å²) in [6.07, 6.45) is 1.28. The monoisotopic (exact) mass is 340 g/mol. The van der Waals surface area contributed by atoms with Crippen LogP contribution in [0.15, 0.2) is 29.2 Å². The van der Waals surface area contributed by atoms with Gasteiger partial charge in [0, 0.05) is 37.9 Å². The quantitative estimate of drug-likeness (QED) is 0.850. The van der Waals surface area contributed by atoms with E-state index >= 15 is 0 Å². The van der Waals surface area contributed by atoms with E-state index < -0.39 is 9.84 Å². The fourth-order valence-corrected chi connectivity index (χ4v) is 2.89. The van der Waals surface area contributed by atoms with Crippen LogP contribution in [0.1, 0.15) is 12.8 Å². The summed E-state index contributed by atoms with van der Waals surface area (Å²) in [6, 6.07) is 6.03. The van der Waals surface area contributed by atoms with Gasteiger partial charge < -0.3 is 15.0 Å². The third-order valence-electron chi connectivity index (χ3n) is 3.48. The molecule has 2 rings (SSSR count). The van der Waals surface area contributed by atoms with Crippen molar-refractivity contribution in [2.75, 3.05) is 37.9 Å². The molecule has 0 spiro atoms.